The lowest BCUT2D eigenvalue weighted by molar-refractivity contribution is -0.153. The quantitative estimate of drug-likeness (QED) is 0.434. The van der Waals surface area contributed by atoms with Crippen molar-refractivity contribution in [2.75, 3.05) is 12.3 Å². The van der Waals surface area contributed by atoms with Gasteiger partial charge in [0.25, 0.3) is 0 Å². The Balaban J connectivity index is 2.07. The Kier molecular flexibility index (Phi) is 6.29. The fourth-order valence-electron chi connectivity index (χ4n) is 2.48. The van der Waals surface area contributed by atoms with E-state index in [4.69, 9.17) is 20.9 Å². The van der Waals surface area contributed by atoms with Crippen LogP contribution < -0.4 is 17.2 Å². The molecule has 146 valence electrons. The number of nitrogens with zero attached hydrogens (tertiary/aromatic N) is 2. The molecule has 6 atom stereocenters. The smallest absolute Gasteiger partial charge is 0.351 e. The van der Waals surface area contributed by atoms with Gasteiger partial charge in [-0.2, -0.15) is 4.98 Å². The molecular formula is C15H23FN4O6. The Morgan fingerprint density at radius 2 is 2.15 bits per heavy atom. The van der Waals surface area contributed by atoms with Crippen molar-refractivity contribution in [2.24, 2.45) is 11.7 Å². The number of halogens is 1. The molecule has 0 radical (unpaired) electrons. The lowest BCUT2D eigenvalue weighted by atomic mass is 10.0. The number of nitrogen functional groups attached to an aromatic ring is 1. The number of hydrogen-bond donors (Lipinski definition) is 4. The minimum Gasteiger partial charge on any atom is -0.462 e. The normalized spacial score (nSPS) is 27.9. The van der Waals surface area contributed by atoms with Gasteiger partial charge in [-0.25, -0.2) is 9.18 Å². The van der Waals surface area contributed by atoms with Gasteiger partial charge in [0.1, 0.15) is 31.0 Å². The van der Waals surface area contributed by atoms with E-state index < -0.39 is 60.5 Å². The second-order valence-electron chi connectivity index (χ2n) is 6.25. The number of carbonyl (C=O) groups excluding carboxylic acids is 1. The highest BCUT2D eigenvalue weighted by Crippen LogP contribution is 2.29. The molecule has 26 heavy (non-hydrogen) atoms. The number of ether oxygens (including phenoxy) is 2. The summed E-state index contributed by atoms with van der Waals surface area (Å²) in [5.41, 5.74) is 9.99. The van der Waals surface area contributed by atoms with Gasteiger partial charge < -0.3 is 31.2 Å². The topological polar surface area (TPSA) is 163 Å². The number of esters is 1. The van der Waals surface area contributed by atoms with Gasteiger partial charge in [0.2, 0.25) is 0 Å². The molecule has 2 unspecified atom stereocenters. The number of rotatable bonds is 6. The van der Waals surface area contributed by atoms with Crippen LogP contribution in [0.4, 0.5) is 10.2 Å². The fourth-order valence-corrected chi connectivity index (χ4v) is 2.48. The van der Waals surface area contributed by atoms with E-state index in [1.807, 2.05) is 6.92 Å². The first-order valence-corrected chi connectivity index (χ1v) is 8.15. The second kappa shape index (κ2) is 8.08. The Morgan fingerprint density at radius 3 is 2.77 bits per heavy atom. The molecule has 1 aliphatic rings. The summed E-state index contributed by atoms with van der Waals surface area (Å²) in [4.78, 5) is 27.0. The molecule has 6 N–H and O–H groups in total. The average molecular weight is 374 g/mol. The van der Waals surface area contributed by atoms with Crippen LogP contribution in [0.5, 0.6) is 0 Å². The van der Waals surface area contributed by atoms with Crippen LogP contribution in [-0.2, 0) is 14.3 Å². The molecule has 1 aliphatic heterocycles. The van der Waals surface area contributed by atoms with Crippen LogP contribution >= 0.6 is 0 Å². The van der Waals surface area contributed by atoms with Crippen LogP contribution in [0, 0.1) is 11.7 Å². The summed E-state index contributed by atoms with van der Waals surface area (Å²) in [6.45, 7) is 3.28. The Hall–Kier alpha value is -2.08. The number of anilines is 1. The molecule has 2 heterocycles. The van der Waals surface area contributed by atoms with E-state index in [0.717, 1.165) is 6.20 Å². The van der Waals surface area contributed by atoms with E-state index in [-0.39, 0.29) is 5.92 Å². The zero-order valence-electron chi connectivity index (χ0n) is 14.4. The molecule has 2 rings (SSSR count). The summed E-state index contributed by atoms with van der Waals surface area (Å²) in [7, 11) is 0. The van der Waals surface area contributed by atoms with Gasteiger partial charge in [0.05, 0.1) is 6.20 Å². The molecular weight excluding hydrogens is 351 g/mol. The van der Waals surface area contributed by atoms with Crippen LogP contribution in [0.15, 0.2) is 11.0 Å². The predicted octanol–water partition coefficient (Wildman–Crippen LogP) is -1.50. The van der Waals surface area contributed by atoms with E-state index in [9.17, 15) is 24.2 Å². The summed E-state index contributed by atoms with van der Waals surface area (Å²) in [6.07, 6.45) is -4.18. The molecule has 0 bridgehead atoms. The third kappa shape index (κ3) is 4.01. The van der Waals surface area contributed by atoms with E-state index in [1.54, 1.807) is 6.92 Å². The van der Waals surface area contributed by atoms with Crippen molar-refractivity contribution < 1.29 is 28.9 Å². The molecule has 1 aromatic heterocycles. The van der Waals surface area contributed by atoms with E-state index in [2.05, 4.69) is 4.98 Å². The van der Waals surface area contributed by atoms with Crippen LogP contribution in [0.25, 0.3) is 0 Å². The van der Waals surface area contributed by atoms with Crippen LogP contribution in [0.2, 0.25) is 0 Å². The highest BCUT2D eigenvalue weighted by atomic mass is 19.1. The van der Waals surface area contributed by atoms with Crippen molar-refractivity contribution in [1.82, 2.24) is 9.55 Å². The minimum absolute atomic E-state index is 0.0994. The molecule has 10 nitrogen and oxygen atoms in total. The van der Waals surface area contributed by atoms with Crippen LogP contribution in [0.3, 0.4) is 0 Å². The predicted molar refractivity (Wildman–Crippen MR) is 87.2 cm³/mol. The van der Waals surface area contributed by atoms with Crippen molar-refractivity contribution in [2.45, 2.75) is 50.8 Å². The Morgan fingerprint density at radius 1 is 1.50 bits per heavy atom. The van der Waals surface area contributed by atoms with Crippen LogP contribution in [-0.4, -0.2) is 56.7 Å². The standard InChI is InChI=1S/C15H23FN4O6/c1-3-6(2)9(17)14(23)25-5-8-10(21)11(22)13(26-8)20-4-7(16)12(18)19-15(20)24/h4,6,8-11,13,21-22H,3,5,17H2,1-2H3,(H2,18,19,24)/t6-,8+,9-,10?,11?,13+/m0/s1. The summed E-state index contributed by atoms with van der Waals surface area (Å²) < 4.78 is 24.6. The SMILES string of the molecule is CC[C@H](C)[C@H](N)C(=O)OC[C@H]1O[C@@H](n2cc(F)c(N)nc2=O)C(O)C1O. The highest BCUT2D eigenvalue weighted by molar-refractivity contribution is 5.75. The second-order valence-corrected chi connectivity index (χ2v) is 6.25. The average Bonchev–Trinajstić information content (AvgIpc) is 2.89. The van der Waals surface area contributed by atoms with Gasteiger partial charge in [-0.1, -0.05) is 20.3 Å². The zero-order chi connectivity index (χ0) is 19.6. The molecule has 0 spiro atoms. The van der Waals surface area contributed by atoms with E-state index in [0.29, 0.717) is 11.0 Å². The summed E-state index contributed by atoms with van der Waals surface area (Å²) in [5, 5.41) is 20.1. The lowest BCUT2D eigenvalue weighted by Gasteiger charge is -2.19. The minimum atomic E-state index is -1.57. The highest BCUT2D eigenvalue weighted by Gasteiger charge is 2.45. The lowest BCUT2D eigenvalue weighted by Crippen LogP contribution is -2.41. The monoisotopic (exact) mass is 374 g/mol. The molecule has 0 aliphatic carbocycles. The third-order valence-corrected chi connectivity index (χ3v) is 4.46. The van der Waals surface area contributed by atoms with E-state index in [1.165, 1.54) is 0 Å². The van der Waals surface area contributed by atoms with Crippen molar-refractivity contribution in [1.29, 1.82) is 0 Å². The van der Waals surface area contributed by atoms with Crippen molar-refractivity contribution in [3.05, 3.63) is 22.5 Å². The first-order chi connectivity index (χ1) is 12.2. The molecule has 11 heteroatoms. The van der Waals surface area contributed by atoms with E-state index >= 15 is 0 Å². The Labute approximate surface area is 148 Å². The molecule has 0 aromatic carbocycles. The maximum Gasteiger partial charge on any atom is 0.351 e. The maximum absolute atomic E-state index is 13.6. The summed E-state index contributed by atoms with van der Waals surface area (Å²) in [6, 6.07) is -0.836. The largest absolute Gasteiger partial charge is 0.462 e. The number of aromatic nitrogens is 2. The first kappa shape index (κ1) is 20.2. The third-order valence-electron chi connectivity index (χ3n) is 4.46. The van der Waals surface area contributed by atoms with Gasteiger partial charge in [-0.05, 0) is 5.92 Å². The fraction of sp³-hybridized carbons (Fsp3) is 0.667. The van der Waals surface area contributed by atoms with Gasteiger partial charge in [0, 0.05) is 0 Å². The molecule has 0 amide bonds. The van der Waals surface area contributed by atoms with Gasteiger partial charge in [0.15, 0.2) is 17.9 Å². The van der Waals surface area contributed by atoms with Gasteiger partial charge in [-0.15, -0.1) is 0 Å². The van der Waals surface area contributed by atoms with Crippen molar-refractivity contribution in [3.8, 4) is 0 Å². The number of hydrogen-bond acceptors (Lipinski definition) is 9. The van der Waals surface area contributed by atoms with Gasteiger partial charge >= 0.3 is 11.7 Å². The first-order valence-electron chi connectivity index (χ1n) is 8.15. The number of aliphatic hydroxyl groups excluding tert-OH is 2. The summed E-state index contributed by atoms with van der Waals surface area (Å²) >= 11 is 0. The molecule has 0 saturated carbocycles. The molecule has 1 saturated heterocycles. The van der Waals surface area contributed by atoms with Crippen molar-refractivity contribution >= 4 is 11.8 Å². The molecule has 1 aromatic rings. The number of nitrogens with two attached hydrogens (primary N) is 2. The van der Waals surface area contributed by atoms with Crippen molar-refractivity contribution in [3.63, 3.8) is 0 Å². The molecule has 1 fully saturated rings. The zero-order valence-corrected chi connectivity index (χ0v) is 14.4. The Bertz CT molecular complexity index is 714. The van der Waals surface area contributed by atoms with Crippen LogP contribution in [0.1, 0.15) is 26.5 Å². The number of carbonyl (C=O) groups is 1. The maximum atomic E-state index is 13.6. The summed E-state index contributed by atoms with van der Waals surface area (Å²) in [5.74, 6) is -2.35. The number of aliphatic hydroxyl groups is 2. The van der Waals surface area contributed by atoms with Gasteiger partial charge in [-0.3, -0.25) is 9.36 Å².